The van der Waals surface area contributed by atoms with Gasteiger partial charge in [0.2, 0.25) is 0 Å². The highest BCUT2D eigenvalue weighted by atomic mass is 15.1. The molecule has 0 aliphatic heterocycles. The van der Waals surface area contributed by atoms with Crippen molar-refractivity contribution in [2.75, 3.05) is 5.73 Å². The van der Waals surface area contributed by atoms with Crippen LogP contribution in [0.1, 0.15) is 0 Å². The second-order valence-electron chi connectivity index (χ2n) is 4.70. The molecule has 3 nitrogen and oxygen atoms in total. The summed E-state index contributed by atoms with van der Waals surface area (Å²) in [5.41, 5.74) is 10.3. The maximum Gasteiger partial charge on any atom is 0.0858 e. The van der Waals surface area contributed by atoms with Gasteiger partial charge in [-0.2, -0.15) is 10.2 Å². The lowest BCUT2D eigenvalue weighted by Crippen LogP contribution is -1.80. The van der Waals surface area contributed by atoms with Crippen molar-refractivity contribution in [3.05, 3.63) is 78.9 Å². The fraction of sp³-hybridized carbons (Fsp3) is 0. The molecule has 0 aliphatic carbocycles. The Morgan fingerprint density at radius 2 is 1.00 bits per heavy atom. The highest BCUT2D eigenvalue weighted by Gasteiger charge is 1.96. The van der Waals surface area contributed by atoms with Crippen LogP contribution >= 0.6 is 0 Å². The predicted octanol–water partition coefficient (Wildman–Crippen LogP) is 5.35. The highest BCUT2D eigenvalue weighted by Crippen LogP contribution is 2.24. The molecule has 0 saturated heterocycles. The van der Waals surface area contributed by atoms with Crippen LogP contribution in [-0.2, 0) is 0 Å². The summed E-state index contributed by atoms with van der Waals surface area (Å²) < 4.78 is 0. The van der Waals surface area contributed by atoms with Crippen molar-refractivity contribution >= 4 is 17.1 Å². The van der Waals surface area contributed by atoms with Gasteiger partial charge in [0.1, 0.15) is 0 Å². The van der Waals surface area contributed by atoms with Gasteiger partial charge in [-0.05, 0) is 47.5 Å². The van der Waals surface area contributed by atoms with Crippen LogP contribution in [0.2, 0.25) is 0 Å². The van der Waals surface area contributed by atoms with E-state index in [-0.39, 0.29) is 0 Å². The number of azo groups is 1. The molecule has 0 heterocycles. The molecule has 0 aliphatic rings. The Morgan fingerprint density at radius 1 is 0.524 bits per heavy atom. The number of nitrogens with two attached hydrogens (primary N) is 1. The fourth-order valence-corrected chi connectivity index (χ4v) is 2.01. The summed E-state index contributed by atoms with van der Waals surface area (Å²) in [6, 6.07) is 25.6. The van der Waals surface area contributed by atoms with E-state index < -0.39 is 0 Å². The molecule has 0 saturated carbocycles. The average Bonchev–Trinajstić information content (AvgIpc) is 2.56. The van der Waals surface area contributed by atoms with Crippen molar-refractivity contribution in [2.24, 2.45) is 10.2 Å². The molecule has 0 bridgehead atoms. The molecule has 0 radical (unpaired) electrons. The van der Waals surface area contributed by atoms with Crippen molar-refractivity contribution in [3.8, 4) is 11.1 Å². The number of anilines is 1. The van der Waals surface area contributed by atoms with Gasteiger partial charge in [0.05, 0.1) is 11.4 Å². The Balaban J connectivity index is 1.77. The first-order valence-electron chi connectivity index (χ1n) is 6.74. The van der Waals surface area contributed by atoms with Crippen LogP contribution in [0.3, 0.4) is 0 Å². The summed E-state index contributed by atoms with van der Waals surface area (Å²) in [4.78, 5) is 0. The Morgan fingerprint density at radius 3 is 1.57 bits per heavy atom. The van der Waals surface area contributed by atoms with E-state index in [2.05, 4.69) is 22.4 Å². The summed E-state index contributed by atoms with van der Waals surface area (Å²) >= 11 is 0. The third-order valence-electron chi connectivity index (χ3n) is 3.15. The molecule has 0 aromatic heterocycles. The number of nitrogens with zero attached hydrogens (tertiary/aromatic N) is 2. The number of hydrogen-bond acceptors (Lipinski definition) is 3. The van der Waals surface area contributed by atoms with Gasteiger partial charge in [0.15, 0.2) is 0 Å². The van der Waals surface area contributed by atoms with Crippen LogP contribution in [0, 0.1) is 0 Å². The second kappa shape index (κ2) is 6.01. The van der Waals surface area contributed by atoms with Gasteiger partial charge in [-0.25, -0.2) is 0 Å². The molecule has 3 heteroatoms. The summed E-state index contributed by atoms with van der Waals surface area (Å²) in [5, 5.41) is 8.41. The minimum absolute atomic E-state index is 0.723. The molecule has 102 valence electrons. The molecular formula is C18H15N3. The van der Waals surface area contributed by atoms with Crippen molar-refractivity contribution in [2.45, 2.75) is 0 Å². The van der Waals surface area contributed by atoms with E-state index in [0.717, 1.165) is 17.1 Å². The summed E-state index contributed by atoms with van der Waals surface area (Å²) in [7, 11) is 0. The molecule has 3 rings (SSSR count). The number of benzene rings is 3. The van der Waals surface area contributed by atoms with Gasteiger partial charge < -0.3 is 5.73 Å². The van der Waals surface area contributed by atoms with Gasteiger partial charge in [-0.15, -0.1) is 0 Å². The van der Waals surface area contributed by atoms with Crippen LogP contribution < -0.4 is 5.73 Å². The van der Waals surface area contributed by atoms with Crippen LogP contribution in [0.25, 0.3) is 11.1 Å². The van der Waals surface area contributed by atoms with Gasteiger partial charge in [-0.3, -0.25) is 0 Å². The van der Waals surface area contributed by atoms with Crippen LogP contribution in [0.5, 0.6) is 0 Å². The standard InChI is InChI=1S/C18H15N3/c19-16-8-12-18(13-9-16)21-20-17-10-6-15(7-11-17)14-4-2-1-3-5-14/h1-13H,19H2/b21-20+. The lowest BCUT2D eigenvalue weighted by molar-refractivity contribution is 1.23. The summed E-state index contributed by atoms with van der Waals surface area (Å²) in [6.45, 7) is 0. The summed E-state index contributed by atoms with van der Waals surface area (Å²) in [5.74, 6) is 0. The van der Waals surface area contributed by atoms with E-state index in [1.54, 1.807) is 0 Å². The third-order valence-corrected chi connectivity index (χ3v) is 3.15. The molecule has 3 aromatic rings. The van der Waals surface area contributed by atoms with Crippen molar-refractivity contribution in [1.82, 2.24) is 0 Å². The minimum Gasteiger partial charge on any atom is -0.399 e. The normalized spacial score (nSPS) is 10.9. The zero-order chi connectivity index (χ0) is 14.5. The maximum atomic E-state index is 5.63. The molecule has 2 N–H and O–H groups in total. The second-order valence-corrected chi connectivity index (χ2v) is 4.70. The van der Waals surface area contributed by atoms with Crippen LogP contribution in [0.15, 0.2) is 89.1 Å². The quantitative estimate of drug-likeness (QED) is 0.507. The fourth-order valence-electron chi connectivity index (χ4n) is 2.01. The van der Waals surface area contributed by atoms with E-state index in [1.165, 1.54) is 11.1 Å². The van der Waals surface area contributed by atoms with Gasteiger partial charge in [0.25, 0.3) is 0 Å². The van der Waals surface area contributed by atoms with Crippen molar-refractivity contribution in [3.63, 3.8) is 0 Å². The number of nitrogen functional groups attached to an aromatic ring is 1. The highest BCUT2D eigenvalue weighted by molar-refractivity contribution is 5.65. The van der Waals surface area contributed by atoms with Crippen molar-refractivity contribution < 1.29 is 0 Å². The Kier molecular flexibility index (Phi) is 3.74. The lowest BCUT2D eigenvalue weighted by Gasteiger charge is -2.01. The minimum atomic E-state index is 0.723. The van der Waals surface area contributed by atoms with Gasteiger partial charge in [0, 0.05) is 5.69 Å². The molecule has 0 atom stereocenters. The average molecular weight is 273 g/mol. The Bertz CT molecular complexity index is 730. The van der Waals surface area contributed by atoms with Gasteiger partial charge in [-0.1, -0.05) is 42.5 Å². The summed E-state index contributed by atoms with van der Waals surface area (Å²) in [6.07, 6.45) is 0. The third kappa shape index (κ3) is 3.34. The van der Waals surface area contributed by atoms with Crippen molar-refractivity contribution in [1.29, 1.82) is 0 Å². The molecule has 3 aromatic carbocycles. The monoisotopic (exact) mass is 273 g/mol. The van der Waals surface area contributed by atoms with E-state index in [9.17, 15) is 0 Å². The lowest BCUT2D eigenvalue weighted by atomic mass is 10.1. The van der Waals surface area contributed by atoms with E-state index in [4.69, 9.17) is 5.73 Å². The SMILES string of the molecule is Nc1ccc(/N=N/c2ccc(-c3ccccc3)cc2)cc1. The molecule has 0 spiro atoms. The van der Waals surface area contributed by atoms with E-state index in [1.807, 2.05) is 66.7 Å². The van der Waals surface area contributed by atoms with Crippen LogP contribution in [-0.4, -0.2) is 0 Å². The predicted molar refractivity (Wildman–Crippen MR) is 86.9 cm³/mol. The maximum absolute atomic E-state index is 5.63. The topological polar surface area (TPSA) is 50.7 Å². The molecule has 0 unspecified atom stereocenters. The van der Waals surface area contributed by atoms with Crippen LogP contribution in [0.4, 0.5) is 17.1 Å². The molecular weight excluding hydrogens is 258 g/mol. The molecule has 0 amide bonds. The Labute approximate surface area is 123 Å². The zero-order valence-electron chi connectivity index (χ0n) is 11.5. The largest absolute Gasteiger partial charge is 0.399 e. The first-order chi connectivity index (χ1) is 10.3. The molecule has 0 fully saturated rings. The van der Waals surface area contributed by atoms with E-state index >= 15 is 0 Å². The Hall–Kier alpha value is -2.94. The molecule has 21 heavy (non-hydrogen) atoms. The smallest absolute Gasteiger partial charge is 0.0858 e. The number of hydrogen-bond donors (Lipinski definition) is 1. The van der Waals surface area contributed by atoms with E-state index in [0.29, 0.717) is 0 Å². The van der Waals surface area contributed by atoms with Gasteiger partial charge >= 0.3 is 0 Å². The number of rotatable bonds is 3. The first kappa shape index (κ1) is 13.1. The zero-order valence-corrected chi connectivity index (χ0v) is 11.5. The first-order valence-corrected chi connectivity index (χ1v) is 6.74.